The zero-order chi connectivity index (χ0) is 11.7. The molecule has 0 atom stereocenters. The molecule has 0 unspecified atom stereocenters. The topological polar surface area (TPSA) is 43.1 Å². The first kappa shape index (κ1) is 9.96. The van der Waals surface area contributed by atoms with Crippen LogP contribution in [0.1, 0.15) is 16.8 Å². The zero-order valence-electron chi connectivity index (χ0n) is 9.54. The van der Waals surface area contributed by atoms with Crippen LogP contribution in [0.3, 0.4) is 0 Å². The Morgan fingerprint density at radius 2 is 2.00 bits per heavy atom. The minimum atomic E-state index is 0.793. The second-order valence-electron chi connectivity index (χ2n) is 4.05. The van der Waals surface area contributed by atoms with Crippen molar-refractivity contribution in [2.75, 3.05) is 0 Å². The molecule has 0 amide bonds. The van der Waals surface area contributed by atoms with Crippen molar-refractivity contribution in [2.45, 2.75) is 13.3 Å². The van der Waals surface area contributed by atoms with Crippen molar-refractivity contribution in [3.8, 4) is 0 Å². The molecule has 17 heavy (non-hydrogen) atoms. The van der Waals surface area contributed by atoms with Crippen molar-refractivity contribution in [2.24, 2.45) is 0 Å². The number of rotatable bonds is 2. The standard InChI is InChI=1S/C13H12N4/c1-10-12(7-11-5-3-2-4-6-11)8-13-15-14-9-17(13)16-10/h2-6,8-9H,7H2,1H3. The molecule has 2 heterocycles. The third-order valence-electron chi connectivity index (χ3n) is 2.82. The van der Waals surface area contributed by atoms with E-state index in [4.69, 9.17) is 0 Å². The monoisotopic (exact) mass is 224 g/mol. The number of benzene rings is 1. The zero-order valence-corrected chi connectivity index (χ0v) is 9.54. The SMILES string of the molecule is Cc1nn2cnnc2cc1Cc1ccccc1. The van der Waals surface area contributed by atoms with Crippen molar-refractivity contribution >= 4 is 5.65 Å². The highest BCUT2D eigenvalue weighted by atomic mass is 15.3. The van der Waals surface area contributed by atoms with Gasteiger partial charge in [-0.3, -0.25) is 0 Å². The molecular weight excluding hydrogens is 212 g/mol. The Morgan fingerprint density at radius 1 is 1.18 bits per heavy atom. The van der Waals surface area contributed by atoms with Crippen LogP contribution in [0.4, 0.5) is 0 Å². The van der Waals surface area contributed by atoms with E-state index in [1.165, 1.54) is 11.1 Å². The maximum atomic E-state index is 4.42. The quantitative estimate of drug-likeness (QED) is 0.669. The van der Waals surface area contributed by atoms with E-state index in [0.717, 1.165) is 17.8 Å². The summed E-state index contributed by atoms with van der Waals surface area (Å²) in [5.74, 6) is 0. The molecule has 0 radical (unpaired) electrons. The van der Waals surface area contributed by atoms with Gasteiger partial charge in [-0.1, -0.05) is 30.3 Å². The summed E-state index contributed by atoms with van der Waals surface area (Å²) in [6.45, 7) is 2.01. The Kier molecular flexibility index (Phi) is 2.33. The van der Waals surface area contributed by atoms with Crippen molar-refractivity contribution < 1.29 is 0 Å². The molecule has 0 aliphatic rings. The average Bonchev–Trinajstić information content (AvgIpc) is 2.78. The van der Waals surface area contributed by atoms with E-state index in [1.54, 1.807) is 10.8 Å². The summed E-state index contributed by atoms with van der Waals surface area (Å²) in [7, 11) is 0. The van der Waals surface area contributed by atoms with Gasteiger partial charge < -0.3 is 0 Å². The van der Waals surface area contributed by atoms with E-state index in [2.05, 4.69) is 27.4 Å². The normalized spacial score (nSPS) is 10.9. The van der Waals surface area contributed by atoms with Crippen LogP contribution in [-0.4, -0.2) is 19.8 Å². The van der Waals surface area contributed by atoms with Crippen LogP contribution >= 0.6 is 0 Å². The van der Waals surface area contributed by atoms with Crippen LogP contribution in [0.15, 0.2) is 42.7 Å². The second-order valence-corrected chi connectivity index (χ2v) is 4.05. The molecule has 0 saturated heterocycles. The molecule has 3 aromatic rings. The maximum absolute atomic E-state index is 4.42. The summed E-state index contributed by atoms with van der Waals surface area (Å²) < 4.78 is 1.70. The van der Waals surface area contributed by atoms with E-state index in [-0.39, 0.29) is 0 Å². The summed E-state index contributed by atoms with van der Waals surface area (Å²) in [4.78, 5) is 0. The van der Waals surface area contributed by atoms with E-state index in [1.807, 2.05) is 31.2 Å². The fourth-order valence-electron chi connectivity index (χ4n) is 1.89. The fourth-order valence-corrected chi connectivity index (χ4v) is 1.89. The molecule has 3 rings (SSSR count). The van der Waals surface area contributed by atoms with E-state index < -0.39 is 0 Å². The highest BCUT2D eigenvalue weighted by Gasteiger charge is 2.05. The predicted molar refractivity (Wildman–Crippen MR) is 64.8 cm³/mol. The Morgan fingerprint density at radius 3 is 2.82 bits per heavy atom. The minimum Gasteiger partial charge on any atom is -0.200 e. The summed E-state index contributed by atoms with van der Waals surface area (Å²) in [5, 5.41) is 12.3. The highest BCUT2D eigenvalue weighted by Crippen LogP contribution is 2.13. The first-order valence-electron chi connectivity index (χ1n) is 5.53. The third-order valence-corrected chi connectivity index (χ3v) is 2.82. The molecule has 0 spiro atoms. The van der Waals surface area contributed by atoms with Crippen LogP contribution in [0.2, 0.25) is 0 Å². The van der Waals surface area contributed by atoms with Gasteiger partial charge in [0, 0.05) is 0 Å². The lowest BCUT2D eigenvalue weighted by atomic mass is 10.0. The molecular formula is C13H12N4. The summed E-state index contributed by atoms with van der Waals surface area (Å²) in [6.07, 6.45) is 2.50. The van der Waals surface area contributed by atoms with Crippen LogP contribution in [0.5, 0.6) is 0 Å². The lowest BCUT2D eigenvalue weighted by Crippen LogP contribution is -2.00. The summed E-state index contributed by atoms with van der Waals surface area (Å²) in [6, 6.07) is 12.4. The van der Waals surface area contributed by atoms with E-state index in [9.17, 15) is 0 Å². The number of hydrogen-bond donors (Lipinski definition) is 0. The van der Waals surface area contributed by atoms with E-state index >= 15 is 0 Å². The van der Waals surface area contributed by atoms with Crippen molar-refractivity contribution in [1.29, 1.82) is 0 Å². The van der Waals surface area contributed by atoms with Gasteiger partial charge in [0.1, 0.15) is 6.33 Å². The van der Waals surface area contributed by atoms with Crippen LogP contribution in [0.25, 0.3) is 5.65 Å². The Hall–Kier alpha value is -2.23. The first-order chi connectivity index (χ1) is 8.33. The third kappa shape index (κ3) is 1.89. The Labute approximate surface area is 98.9 Å². The van der Waals surface area contributed by atoms with Gasteiger partial charge in [-0.2, -0.15) is 5.10 Å². The second kappa shape index (κ2) is 3.97. The number of fused-ring (bicyclic) bond motifs is 1. The summed E-state index contributed by atoms with van der Waals surface area (Å²) >= 11 is 0. The molecule has 84 valence electrons. The smallest absolute Gasteiger partial charge is 0.177 e. The van der Waals surface area contributed by atoms with Gasteiger partial charge in [0.2, 0.25) is 0 Å². The maximum Gasteiger partial charge on any atom is 0.177 e. The van der Waals surface area contributed by atoms with Gasteiger partial charge in [-0.15, -0.1) is 10.2 Å². The molecule has 0 N–H and O–H groups in total. The van der Waals surface area contributed by atoms with Crippen LogP contribution in [-0.2, 0) is 6.42 Å². The van der Waals surface area contributed by atoms with Crippen molar-refractivity contribution in [1.82, 2.24) is 19.8 Å². The first-order valence-corrected chi connectivity index (χ1v) is 5.53. The molecule has 4 heteroatoms. The van der Waals surface area contributed by atoms with Gasteiger partial charge in [-0.25, -0.2) is 4.52 Å². The molecule has 0 aliphatic carbocycles. The van der Waals surface area contributed by atoms with Gasteiger partial charge in [-0.05, 0) is 30.5 Å². The van der Waals surface area contributed by atoms with Gasteiger partial charge in [0.25, 0.3) is 0 Å². The summed E-state index contributed by atoms with van der Waals surface area (Å²) in [5.41, 5.74) is 4.28. The highest BCUT2D eigenvalue weighted by molar-refractivity contribution is 5.41. The lowest BCUT2D eigenvalue weighted by Gasteiger charge is -2.05. The molecule has 0 aliphatic heterocycles. The Balaban J connectivity index is 2.02. The number of aromatic nitrogens is 4. The number of aryl methyl sites for hydroxylation is 1. The van der Waals surface area contributed by atoms with Gasteiger partial charge >= 0.3 is 0 Å². The molecule has 2 aromatic heterocycles. The van der Waals surface area contributed by atoms with Crippen molar-refractivity contribution in [3.63, 3.8) is 0 Å². The number of nitrogens with zero attached hydrogens (tertiary/aromatic N) is 4. The lowest BCUT2D eigenvalue weighted by molar-refractivity contribution is 0.873. The molecule has 0 fully saturated rings. The van der Waals surface area contributed by atoms with Crippen LogP contribution in [0, 0.1) is 6.92 Å². The van der Waals surface area contributed by atoms with Gasteiger partial charge in [0.05, 0.1) is 5.69 Å². The average molecular weight is 224 g/mol. The Bertz CT molecular complexity index is 643. The fraction of sp³-hybridized carbons (Fsp3) is 0.154. The minimum absolute atomic E-state index is 0.793. The molecule has 1 aromatic carbocycles. The van der Waals surface area contributed by atoms with E-state index in [0.29, 0.717) is 0 Å². The predicted octanol–water partition coefficient (Wildman–Crippen LogP) is 2.02. The van der Waals surface area contributed by atoms with Crippen LogP contribution < -0.4 is 0 Å². The molecule has 0 bridgehead atoms. The van der Waals surface area contributed by atoms with Crippen molar-refractivity contribution in [3.05, 3.63) is 59.5 Å². The molecule has 0 saturated carbocycles. The van der Waals surface area contributed by atoms with Gasteiger partial charge in [0.15, 0.2) is 5.65 Å². The molecule has 4 nitrogen and oxygen atoms in total. The number of hydrogen-bond acceptors (Lipinski definition) is 3. The largest absolute Gasteiger partial charge is 0.200 e.